The normalized spacial score (nSPS) is 29.4. The van der Waals surface area contributed by atoms with Crippen LogP contribution < -0.4 is 11.1 Å². The molecule has 1 rings (SSSR count). The Bertz CT molecular complexity index is 289. The standard InChI is InChI=1S/C14H29N3O/c1-10-6-7-11(15)8-12(10)13(18)16-9-14(2,3)17(4)5/h10-12H,6-9,15H2,1-5H3,(H,16,18). The average molecular weight is 255 g/mol. The summed E-state index contributed by atoms with van der Waals surface area (Å²) in [5.74, 6) is 0.714. The van der Waals surface area contributed by atoms with Gasteiger partial charge in [0.2, 0.25) is 5.91 Å². The Morgan fingerprint density at radius 3 is 2.56 bits per heavy atom. The third-order valence-electron chi connectivity index (χ3n) is 4.48. The van der Waals surface area contributed by atoms with Crippen LogP contribution in [0.15, 0.2) is 0 Å². The van der Waals surface area contributed by atoms with Crippen LogP contribution in [0.25, 0.3) is 0 Å². The van der Waals surface area contributed by atoms with Crippen LogP contribution in [-0.2, 0) is 4.79 Å². The van der Waals surface area contributed by atoms with Crippen molar-refractivity contribution in [3.8, 4) is 0 Å². The second-order valence-electron chi connectivity index (χ2n) is 6.58. The zero-order valence-electron chi connectivity index (χ0n) is 12.5. The average Bonchev–Trinajstić information content (AvgIpc) is 2.29. The van der Waals surface area contributed by atoms with Crippen LogP contribution in [-0.4, -0.2) is 43.0 Å². The Balaban J connectivity index is 2.50. The lowest BCUT2D eigenvalue weighted by Gasteiger charge is -2.35. The molecule has 1 aliphatic rings. The number of carbonyl (C=O) groups is 1. The molecular formula is C14H29N3O. The van der Waals surface area contributed by atoms with Gasteiger partial charge in [0.15, 0.2) is 0 Å². The van der Waals surface area contributed by atoms with Gasteiger partial charge in [0.05, 0.1) is 0 Å². The number of nitrogens with two attached hydrogens (primary N) is 1. The summed E-state index contributed by atoms with van der Waals surface area (Å²) in [7, 11) is 4.07. The number of amides is 1. The molecule has 3 unspecified atom stereocenters. The molecule has 0 aromatic rings. The predicted molar refractivity (Wildman–Crippen MR) is 75.3 cm³/mol. The number of nitrogens with zero attached hydrogens (tertiary/aromatic N) is 1. The lowest BCUT2D eigenvalue weighted by atomic mass is 9.77. The van der Waals surface area contributed by atoms with Crippen LogP contribution in [0.2, 0.25) is 0 Å². The summed E-state index contributed by atoms with van der Waals surface area (Å²) in [5.41, 5.74) is 5.95. The van der Waals surface area contributed by atoms with Gasteiger partial charge in [-0.3, -0.25) is 4.79 Å². The molecule has 4 heteroatoms. The Kier molecular flexibility index (Phi) is 5.17. The van der Waals surface area contributed by atoms with E-state index in [4.69, 9.17) is 5.73 Å². The van der Waals surface area contributed by atoms with Crippen molar-refractivity contribution in [3.05, 3.63) is 0 Å². The van der Waals surface area contributed by atoms with Gasteiger partial charge in [-0.2, -0.15) is 0 Å². The second-order valence-corrected chi connectivity index (χ2v) is 6.58. The fourth-order valence-corrected chi connectivity index (χ4v) is 2.31. The molecule has 18 heavy (non-hydrogen) atoms. The first-order valence-electron chi connectivity index (χ1n) is 6.94. The highest BCUT2D eigenvalue weighted by atomic mass is 16.1. The third kappa shape index (κ3) is 3.95. The highest BCUT2D eigenvalue weighted by molar-refractivity contribution is 5.79. The number of hydrogen-bond acceptors (Lipinski definition) is 3. The topological polar surface area (TPSA) is 58.4 Å². The van der Waals surface area contributed by atoms with Crippen molar-refractivity contribution < 1.29 is 4.79 Å². The van der Waals surface area contributed by atoms with Crippen LogP contribution in [0.4, 0.5) is 0 Å². The number of nitrogens with one attached hydrogen (secondary N) is 1. The smallest absolute Gasteiger partial charge is 0.223 e. The van der Waals surface area contributed by atoms with E-state index >= 15 is 0 Å². The zero-order valence-corrected chi connectivity index (χ0v) is 12.5. The fraction of sp³-hybridized carbons (Fsp3) is 0.929. The van der Waals surface area contributed by atoms with Crippen LogP contribution in [0, 0.1) is 11.8 Å². The number of carbonyl (C=O) groups excluding carboxylic acids is 1. The van der Waals surface area contributed by atoms with Crippen molar-refractivity contribution in [3.63, 3.8) is 0 Å². The van der Waals surface area contributed by atoms with E-state index in [1.165, 1.54) is 0 Å². The minimum Gasteiger partial charge on any atom is -0.354 e. The van der Waals surface area contributed by atoms with Gasteiger partial charge in [-0.1, -0.05) is 6.92 Å². The van der Waals surface area contributed by atoms with E-state index in [1.54, 1.807) is 0 Å². The van der Waals surface area contributed by atoms with E-state index in [0.717, 1.165) is 19.3 Å². The van der Waals surface area contributed by atoms with Crippen molar-refractivity contribution >= 4 is 5.91 Å². The Labute approximate surface area is 111 Å². The van der Waals surface area contributed by atoms with Gasteiger partial charge >= 0.3 is 0 Å². The highest BCUT2D eigenvalue weighted by Crippen LogP contribution is 2.29. The summed E-state index contributed by atoms with van der Waals surface area (Å²) in [6.07, 6.45) is 2.94. The Morgan fingerprint density at radius 1 is 1.39 bits per heavy atom. The molecule has 106 valence electrons. The van der Waals surface area contributed by atoms with E-state index < -0.39 is 0 Å². The van der Waals surface area contributed by atoms with Gasteiger partial charge in [0.1, 0.15) is 0 Å². The second kappa shape index (κ2) is 6.02. The molecule has 1 aliphatic carbocycles. The van der Waals surface area contributed by atoms with Gasteiger partial charge in [-0.15, -0.1) is 0 Å². The van der Waals surface area contributed by atoms with Crippen LogP contribution in [0.5, 0.6) is 0 Å². The van der Waals surface area contributed by atoms with Gasteiger partial charge in [-0.05, 0) is 53.1 Å². The van der Waals surface area contributed by atoms with E-state index in [0.29, 0.717) is 12.5 Å². The first-order valence-corrected chi connectivity index (χ1v) is 6.94. The SMILES string of the molecule is CC1CCC(N)CC1C(=O)NCC(C)(C)N(C)C. The van der Waals surface area contributed by atoms with Gasteiger partial charge < -0.3 is 16.0 Å². The molecule has 0 bridgehead atoms. The fourth-order valence-electron chi connectivity index (χ4n) is 2.31. The number of hydrogen-bond donors (Lipinski definition) is 2. The summed E-state index contributed by atoms with van der Waals surface area (Å²) < 4.78 is 0. The summed E-state index contributed by atoms with van der Waals surface area (Å²) in [6, 6.07) is 0.193. The van der Waals surface area contributed by atoms with Crippen LogP contribution >= 0.6 is 0 Å². The molecule has 1 saturated carbocycles. The maximum absolute atomic E-state index is 12.2. The van der Waals surface area contributed by atoms with Crippen molar-refractivity contribution in [1.29, 1.82) is 0 Å². The maximum atomic E-state index is 12.2. The maximum Gasteiger partial charge on any atom is 0.223 e. The first-order chi connectivity index (χ1) is 8.24. The molecule has 0 saturated heterocycles. The van der Waals surface area contributed by atoms with Crippen LogP contribution in [0.1, 0.15) is 40.0 Å². The van der Waals surface area contributed by atoms with Crippen molar-refractivity contribution in [2.24, 2.45) is 17.6 Å². The summed E-state index contributed by atoms with van der Waals surface area (Å²) in [4.78, 5) is 14.4. The largest absolute Gasteiger partial charge is 0.354 e. The molecule has 0 heterocycles. The molecule has 3 atom stereocenters. The predicted octanol–water partition coefficient (Wildman–Crippen LogP) is 1.21. The molecule has 4 nitrogen and oxygen atoms in total. The summed E-state index contributed by atoms with van der Waals surface area (Å²) in [5, 5.41) is 3.09. The number of likely N-dealkylation sites (N-methyl/N-ethyl adjacent to an activating group) is 1. The van der Waals surface area contributed by atoms with Gasteiger partial charge in [-0.25, -0.2) is 0 Å². The molecule has 1 fully saturated rings. The Hall–Kier alpha value is -0.610. The summed E-state index contributed by atoms with van der Waals surface area (Å²) >= 11 is 0. The third-order valence-corrected chi connectivity index (χ3v) is 4.48. The molecule has 0 spiro atoms. The monoisotopic (exact) mass is 255 g/mol. The molecule has 0 aliphatic heterocycles. The highest BCUT2D eigenvalue weighted by Gasteiger charge is 2.32. The number of rotatable bonds is 4. The van der Waals surface area contributed by atoms with E-state index in [2.05, 4.69) is 31.0 Å². The van der Waals surface area contributed by atoms with E-state index in [1.807, 2.05) is 14.1 Å². The molecular weight excluding hydrogens is 226 g/mol. The quantitative estimate of drug-likeness (QED) is 0.794. The molecule has 0 aromatic heterocycles. The lowest BCUT2D eigenvalue weighted by Crippen LogP contribution is -2.50. The van der Waals surface area contributed by atoms with E-state index in [9.17, 15) is 4.79 Å². The van der Waals surface area contributed by atoms with Gasteiger partial charge in [0.25, 0.3) is 0 Å². The minimum atomic E-state index is -0.0182. The van der Waals surface area contributed by atoms with Crippen LogP contribution in [0.3, 0.4) is 0 Å². The first kappa shape index (κ1) is 15.4. The molecule has 0 radical (unpaired) electrons. The Morgan fingerprint density at radius 2 is 2.00 bits per heavy atom. The zero-order chi connectivity index (χ0) is 13.9. The minimum absolute atomic E-state index is 0.0182. The molecule has 3 N–H and O–H groups in total. The van der Waals surface area contributed by atoms with Gasteiger partial charge in [0, 0.05) is 24.0 Å². The molecule has 0 aromatic carbocycles. The van der Waals surface area contributed by atoms with Crippen molar-refractivity contribution in [1.82, 2.24) is 10.2 Å². The van der Waals surface area contributed by atoms with E-state index in [-0.39, 0.29) is 23.4 Å². The summed E-state index contributed by atoms with van der Waals surface area (Å²) in [6.45, 7) is 7.09. The van der Waals surface area contributed by atoms with Crippen molar-refractivity contribution in [2.75, 3.05) is 20.6 Å². The molecule has 1 amide bonds. The lowest BCUT2D eigenvalue weighted by molar-refractivity contribution is -0.128. The van der Waals surface area contributed by atoms with Crippen molar-refractivity contribution in [2.45, 2.75) is 51.6 Å².